The minimum absolute atomic E-state index is 0.0754. The van der Waals surface area contributed by atoms with Crippen molar-refractivity contribution in [1.82, 2.24) is 24.4 Å². The zero-order valence-electron chi connectivity index (χ0n) is 20.6. The summed E-state index contributed by atoms with van der Waals surface area (Å²) in [6, 6.07) is 7.56. The maximum atomic E-state index is 13.1. The Hall–Kier alpha value is -2.85. The number of morpholine rings is 1. The van der Waals surface area contributed by atoms with Crippen LogP contribution in [-0.4, -0.2) is 44.9 Å². The number of aromatic nitrogens is 4. The average molecular weight is 538 g/mol. The molecular weight excluding hydrogens is 510 g/mol. The Balaban J connectivity index is 1.40. The molecule has 6 rings (SSSR count). The van der Waals surface area contributed by atoms with Crippen LogP contribution in [0.15, 0.2) is 46.4 Å². The van der Waals surface area contributed by atoms with Crippen molar-refractivity contribution in [2.45, 2.75) is 51.3 Å². The van der Waals surface area contributed by atoms with Gasteiger partial charge in [-0.1, -0.05) is 11.6 Å². The smallest absolute Gasteiger partial charge is 0.331 e. The summed E-state index contributed by atoms with van der Waals surface area (Å²) in [7, 11) is 0. The highest BCUT2D eigenvalue weighted by atomic mass is 35.5. The second kappa shape index (κ2) is 10.1. The van der Waals surface area contributed by atoms with Crippen LogP contribution in [0.5, 0.6) is 0 Å². The van der Waals surface area contributed by atoms with Gasteiger partial charge in [0.05, 0.1) is 35.2 Å². The van der Waals surface area contributed by atoms with E-state index in [0.717, 1.165) is 76.3 Å². The Morgan fingerprint density at radius 2 is 2.08 bits per heavy atom. The fourth-order valence-corrected chi connectivity index (χ4v) is 6.56. The molecule has 1 N–H and O–H groups in total. The molecule has 1 atom stereocenters. The lowest BCUT2D eigenvalue weighted by molar-refractivity contribution is 0.0292. The highest BCUT2D eigenvalue weighted by Crippen LogP contribution is 2.37. The molecule has 0 radical (unpaired) electrons. The molecule has 1 aliphatic carbocycles. The molecule has 1 saturated carbocycles. The van der Waals surface area contributed by atoms with Gasteiger partial charge < -0.3 is 10.1 Å². The largest absolute Gasteiger partial charge is 0.375 e. The lowest BCUT2D eigenvalue weighted by atomic mass is 9.93. The van der Waals surface area contributed by atoms with Crippen LogP contribution in [0.1, 0.15) is 41.3 Å². The summed E-state index contributed by atoms with van der Waals surface area (Å²) in [5.41, 5.74) is 4.24. The fourth-order valence-electron chi connectivity index (χ4n) is 5.18. The predicted octanol–water partition coefficient (Wildman–Crippen LogP) is 3.95. The Bertz CT molecular complexity index is 1580. The summed E-state index contributed by atoms with van der Waals surface area (Å²) in [4.78, 5) is 35.8. The molecule has 1 saturated heterocycles. The minimum atomic E-state index is -0.293. The molecule has 0 spiro atoms. The number of ether oxygens (including phenoxy) is 1. The van der Waals surface area contributed by atoms with Gasteiger partial charge in [-0.25, -0.2) is 14.8 Å². The van der Waals surface area contributed by atoms with Gasteiger partial charge in [0.2, 0.25) is 0 Å². The lowest BCUT2D eigenvalue weighted by Gasteiger charge is -2.27. The molecule has 3 aromatic heterocycles. The highest BCUT2D eigenvalue weighted by Gasteiger charge is 2.23. The van der Waals surface area contributed by atoms with Crippen LogP contribution in [-0.2, 0) is 17.7 Å². The maximum absolute atomic E-state index is 13.1. The molecular formula is C27H28ClN5O3S. The summed E-state index contributed by atoms with van der Waals surface area (Å²) in [6.07, 6.45) is 7.08. The van der Waals surface area contributed by atoms with E-state index < -0.39 is 0 Å². The van der Waals surface area contributed by atoms with Gasteiger partial charge in [0.1, 0.15) is 6.33 Å². The van der Waals surface area contributed by atoms with Crippen molar-refractivity contribution in [3.63, 3.8) is 0 Å². The molecule has 8 nitrogen and oxygen atoms in total. The van der Waals surface area contributed by atoms with Gasteiger partial charge in [-0.15, -0.1) is 11.3 Å². The third kappa shape index (κ3) is 4.77. The summed E-state index contributed by atoms with van der Waals surface area (Å²) in [6.45, 7) is 4.63. The summed E-state index contributed by atoms with van der Waals surface area (Å²) >= 11 is 8.02. The van der Waals surface area contributed by atoms with Gasteiger partial charge in [-0.3, -0.25) is 13.9 Å². The normalized spacial score (nSPS) is 18.3. The number of aryl methyl sites for hydroxylation is 1. The van der Waals surface area contributed by atoms with Crippen molar-refractivity contribution in [1.29, 1.82) is 0 Å². The van der Waals surface area contributed by atoms with Gasteiger partial charge in [-0.2, -0.15) is 0 Å². The van der Waals surface area contributed by atoms with Crippen molar-refractivity contribution in [3.05, 3.63) is 78.7 Å². The van der Waals surface area contributed by atoms with Crippen LogP contribution in [0, 0.1) is 6.92 Å². The summed E-state index contributed by atoms with van der Waals surface area (Å²) < 4.78 is 9.92. The van der Waals surface area contributed by atoms with Crippen LogP contribution in [0.4, 0.5) is 0 Å². The standard InChI is InChI=1S/C27H28ClN5O3S/c1-16-9-17(28)10-22(21(16)11-19-13-29-6-8-36-19)25-26-23(30-15-31-25)12-20(37-26)14-33-24(34)5-7-32(27(33)35)18-3-2-4-18/h5,7,9-10,12,15,18-19,29H,2-4,6,8,11,13-14H2,1H3. The molecule has 0 bridgehead atoms. The molecule has 2 aliphatic rings. The van der Waals surface area contributed by atoms with Gasteiger partial charge in [0.25, 0.3) is 5.56 Å². The molecule has 192 valence electrons. The summed E-state index contributed by atoms with van der Waals surface area (Å²) in [5.74, 6) is 0. The third-order valence-corrected chi connectivity index (χ3v) is 8.70. The first kappa shape index (κ1) is 24.5. The SMILES string of the molecule is Cc1cc(Cl)cc(-c2ncnc3cc(Cn4c(=O)ccn(C5CCC5)c4=O)sc23)c1CC1CNCCO1. The van der Waals surface area contributed by atoms with Crippen LogP contribution < -0.4 is 16.6 Å². The molecule has 0 amide bonds. The zero-order valence-corrected chi connectivity index (χ0v) is 22.1. The monoisotopic (exact) mass is 537 g/mol. The number of fused-ring (bicyclic) bond motifs is 1. The molecule has 37 heavy (non-hydrogen) atoms. The van der Waals surface area contributed by atoms with Crippen molar-refractivity contribution >= 4 is 33.2 Å². The number of hydrogen-bond acceptors (Lipinski definition) is 7. The molecule has 2 fully saturated rings. The molecule has 4 aromatic rings. The molecule has 1 aromatic carbocycles. The van der Waals surface area contributed by atoms with Gasteiger partial charge in [-0.05, 0) is 55.5 Å². The Kier molecular flexibility index (Phi) is 6.71. The summed E-state index contributed by atoms with van der Waals surface area (Å²) in [5, 5.41) is 4.05. The minimum Gasteiger partial charge on any atom is -0.375 e. The molecule has 1 aliphatic heterocycles. The first-order valence-electron chi connectivity index (χ1n) is 12.6. The van der Waals surface area contributed by atoms with Gasteiger partial charge >= 0.3 is 5.69 Å². The van der Waals surface area contributed by atoms with Gasteiger partial charge in [0, 0.05) is 53.3 Å². The molecule has 4 heterocycles. The Labute approximate surface area is 222 Å². The van der Waals surface area contributed by atoms with E-state index in [1.165, 1.54) is 22.0 Å². The molecule has 10 heteroatoms. The van der Waals surface area contributed by atoms with E-state index in [1.54, 1.807) is 17.1 Å². The van der Waals surface area contributed by atoms with Crippen molar-refractivity contribution in [3.8, 4) is 11.3 Å². The number of nitrogens with zero attached hydrogens (tertiary/aromatic N) is 4. The Morgan fingerprint density at radius 3 is 2.84 bits per heavy atom. The molecule has 1 unspecified atom stereocenters. The Morgan fingerprint density at radius 1 is 1.22 bits per heavy atom. The number of benzene rings is 1. The van der Waals surface area contributed by atoms with Crippen molar-refractivity contribution < 1.29 is 4.74 Å². The van der Waals surface area contributed by atoms with E-state index in [2.05, 4.69) is 22.2 Å². The topological polar surface area (TPSA) is 91.0 Å². The first-order chi connectivity index (χ1) is 18.0. The fraction of sp³-hybridized carbons (Fsp3) is 0.407. The van der Waals surface area contributed by atoms with Crippen LogP contribution in [0.25, 0.3) is 21.5 Å². The third-order valence-electron chi connectivity index (χ3n) is 7.37. The lowest BCUT2D eigenvalue weighted by Crippen LogP contribution is -2.41. The number of thiophene rings is 1. The van der Waals surface area contributed by atoms with E-state index in [0.29, 0.717) is 11.6 Å². The van der Waals surface area contributed by atoms with E-state index in [4.69, 9.17) is 16.3 Å². The van der Waals surface area contributed by atoms with Crippen LogP contribution >= 0.6 is 22.9 Å². The van der Waals surface area contributed by atoms with E-state index in [-0.39, 0.29) is 29.9 Å². The quantitative estimate of drug-likeness (QED) is 0.400. The van der Waals surface area contributed by atoms with Crippen molar-refractivity contribution in [2.75, 3.05) is 19.7 Å². The van der Waals surface area contributed by atoms with E-state index in [9.17, 15) is 9.59 Å². The highest BCUT2D eigenvalue weighted by molar-refractivity contribution is 7.19. The second-order valence-electron chi connectivity index (χ2n) is 9.81. The maximum Gasteiger partial charge on any atom is 0.331 e. The number of hydrogen-bond donors (Lipinski definition) is 1. The number of nitrogens with one attached hydrogen (secondary N) is 1. The van der Waals surface area contributed by atoms with Crippen LogP contribution in [0.2, 0.25) is 5.02 Å². The first-order valence-corrected chi connectivity index (χ1v) is 13.8. The van der Waals surface area contributed by atoms with Gasteiger partial charge in [0.15, 0.2) is 0 Å². The van der Waals surface area contributed by atoms with E-state index >= 15 is 0 Å². The average Bonchev–Trinajstić information content (AvgIpc) is 3.27. The van der Waals surface area contributed by atoms with Crippen LogP contribution in [0.3, 0.4) is 0 Å². The number of halogens is 1. The second-order valence-corrected chi connectivity index (χ2v) is 11.4. The van der Waals surface area contributed by atoms with E-state index in [1.807, 2.05) is 18.2 Å². The zero-order chi connectivity index (χ0) is 25.5. The van der Waals surface area contributed by atoms with Crippen molar-refractivity contribution in [2.24, 2.45) is 0 Å². The predicted molar refractivity (Wildman–Crippen MR) is 146 cm³/mol. The number of rotatable bonds is 6.